The van der Waals surface area contributed by atoms with Crippen LogP contribution in [-0.4, -0.2) is 46.2 Å². The quantitative estimate of drug-likeness (QED) is 0.137. The van der Waals surface area contributed by atoms with Crippen LogP contribution in [0.2, 0.25) is 0 Å². The van der Waals surface area contributed by atoms with Crippen LogP contribution in [0, 0.1) is 5.92 Å². The molecule has 3 atom stereocenters. The number of ether oxygens (including phenoxy) is 1. The van der Waals surface area contributed by atoms with Gasteiger partial charge in [0.1, 0.15) is 0 Å². The number of aliphatic hydroxyl groups excluding tert-OH is 2. The molecule has 0 aromatic heterocycles. The van der Waals surface area contributed by atoms with Crippen molar-refractivity contribution in [1.29, 1.82) is 0 Å². The van der Waals surface area contributed by atoms with Gasteiger partial charge < -0.3 is 20.1 Å². The second-order valence-corrected chi connectivity index (χ2v) is 9.57. The summed E-state index contributed by atoms with van der Waals surface area (Å²) in [6, 6.07) is 0. The highest BCUT2D eigenvalue weighted by Crippen LogP contribution is 2.35. The Morgan fingerprint density at radius 1 is 0.781 bits per heavy atom. The highest BCUT2D eigenvalue weighted by Gasteiger charge is 2.47. The predicted octanol–water partition coefficient (Wildman–Crippen LogP) is 6.88. The van der Waals surface area contributed by atoms with Gasteiger partial charge in [-0.05, 0) is 25.2 Å². The van der Waals surface area contributed by atoms with E-state index < -0.39 is 24.3 Å². The molecule has 0 radical (unpaired) electrons. The van der Waals surface area contributed by atoms with Crippen molar-refractivity contribution in [3.05, 3.63) is 0 Å². The number of aliphatic carboxylic acids is 1. The lowest BCUT2D eigenvalue weighted by Crippen LogP contribution is -2.51. The number of aliphatic hydroxyl groups is 2. The Kier molecular flexibility index (Phi) is 20.5. The second-order valence-electron chi connectivity index (χ2n) is 9.57. The third-order valence-corrected chi connectivity index (χ3v) is 6.78. The summed E-state index contributed by atoms with van der Waals surface area (Å²) in [4.78, 5) is 12.4. The molecule has 0 aromatic rings. The molecular weight excluding hydrogens is 404 g/mol. The van der Waals surface area contributed by atoms with Gasteiger partial charge in [0, 0.05) is 13.0 Å². The zero-order valence-electron chi connectivity index (χ0n) is 21.5. The van der Waals surface area contributed by atoms with Crippen molar-refractivity contribution in [3.8, 4) is 0 Å². The first kappa shape index (κ1) is 31.4. The van der Waals surface area contributed by atoms with Crippen LogP contribution in [0.15, 0.2) is 0 Å². The predicted molar refractivity (Wildman–Crippen MR) is 133 cm³/mol. The average molecular weight is 459 g/mol. The molecule has 0 aliphatic carbocycles. The van der Waals surface area contributed by atoms with Crippen molar-refractivity contribution >= 4 is 5.97 Å². The first-order valence-electron chi connectivity index (χ1n) is 13.6. The Hall–Kier alpha value is -0.650. The van der Waals surface area contributed by atoms with Crippen molar-refractivity contribution in [2.45, 2.75) is 148 Å². The van der Waals surface area contributed by atoms with Crippen LogP contribution in [-0.2, 0) is 9.53 Å². The van der Waals surface area contributed by atoms with Gasteiger partial charge in [0.25, 0.3) is 0 Å². The summed E-state index contributed by atoms with van der Waals surface area (Å²) in [5.74, 6) is -1.17. The molecule has 32 heavy (non-hydrogen) atoms. The van der Waals surface area contributed by atoms with Crippen LogP contribution in [0.5, 0.6) is 0 Å². The largest absolute Gasteiger partial charge is 0.479 e. The van der Waals surface area contributed by atoms with Crippen molar-refractivity contribution in [1.82, 2.24) is 0 Å². The van der Waals surface area contributed by atoms with E-state index in [1.54, 1.807) is 0 Å². The highest BCUT2D eigenvalue weighted by atomic mass is 16.5. The minimum atomic E-state index is -1.42. The number of hydrogen-bond donors (Lipinski definition) is 3. The molecule has 0 aliphatic rings. The van der Waals surface area contributed by atoms with Crippen LogP contribution in [0.3, 0.4) is 0 Å². The van der Waals surface area contributed by atoms with E-state index in [2.05, 4.69) is 13.8 Å². The van der Waals surface area contributed by atoms with Crippen LogP contribution >= 0.6 is 0 Å². The Balaban J connectivity index is 4.57. The van der Waals surface area contributed by atoms with E-state index in [1.165, 1.54) is 57.8 Å². The van der Waals surface area contributed by atoms with E-state index in [-0.39, 0.29) is 12.3 Å². The molecule has 3 unspecified atom stereocenters. The Bertz CT molecular complexity index is 428. The Labute approximate surface area is 198 Å². The van der Waals surface area contributed by atoms with E-state index in [0.29, 0.717) is 13.0 Å². The van der Waals surface area contributed by atoms with Gasteiger partial charge in [-0.3, -0.25) is 0 Å². The molecular formula is C27H54O5. The summed E-state index contributed by atoms with van der Waals surface area (Å²) in [5, 5.41) is 29.6. The van der Waals surface area contributed by atoms with Crippen LogP contribution in [0.1, 0.15) is 136 Å². The molecule has 0 spiro atoms. The van der Waals surface area contributed by atoms with Crippen molar-refractivity contribution in [2.75, 3.05) is 13.2 Å². The molecule has 3 N–H and O–H groups in total. The number of carbonyl (C=O) groups is 1. The summed E-state index contributed by atoms with van der Waals surface area (Å²) in [5.41, 5.74) is -1.42. The lowest BCUT2D eigenvalue weighted by molar-refractivity contribution is -0.183. The van der Waals surface area contributed by atoms with Gasteiger partial charge in [-0.1, -0.05) is 111 Å². The second kappa shape index (κ2) is 20.9. The minimum Gasteiger partial charge on any atom is -0.479 e. The topological polar surface area (TPSA) is 87.0 Å². The lowest BCUT2D eigenvalue weighted by atomic mass is 9.77. The normalized spacial score (nSPS) is 15.4. The Morgan fingerprint density at radius 2 is 1.25 bits per heavy atom. The number of rotatable bonds is 24. The fourth-order valence-electron chi connectivity index (χ4n) is 4.69. The molecule has 0 aliphatic heterocycles. The summed E-state index contributed by atoms with van der Waals surface area (Å²) in [6.45, 7) is 6.34. The maximum absolute atomic E-state index is 12.4. The van der Waals surface area contributed by atoms with Gasteiger partial charge in [-0.25, -0.2) is 4.79 Å². The van der Waals surface area contributed by atoms with E-state index in [4.69, 9.17) is 4.74 Å². The zero-order chi connectivity index (χ0) is 24.1. The molecule has 0 rings (SSSR count). The molecule has 0 fully saturated rings. The summed E-state index contributed by atoms with van der Waals surface area (Å²) >= 11 is 0. The van der Waals surface area contributed by atoms with Gasteiger partial charge in [0.05, 0.1) is 12.7 Å². The molecule has 0 amide bonds. The maximum Gasteiger partial charge on any atom is 0.336 e. The number of unbranched alkanes of at least 4 members (excludes halogenated alkanes) is 13. The maximum atomic E-state index is 12.4. The lowest BCUT2D eigenvalue weighted by Gasteiger charge is -2.38. The van der Waals surface area contributed by atoms with E-state index in [0.717, 1.165) is 44.9 Å². The smallest absolute Gasteiger partial charge is 0.336 e. The zero-order valence-corrected chi connectivity index (χ0v) is 21.5. The fraction of sp³-hybridized carbons (Fsp3) is 0.963. The first-order valence-corrected chi connectivity index (χ1v) is 13.6. The van der Waals surface area contributed by atoms with Crippen LogP contribution in [0.25, 0.3) is 0 Å². The highest BCUT2D eigenvalue weighted by molar-refractivity contribution is 5.78. The number of carboxylic acids is 1. The van der Waals surface area contributed by atoms with Gasteiger partial charge >= 0.3 is 5.97 Å². The summed E-state index contributed by atoms with van der Waals surface area (Å²) in [6.07, 6.45) is 18.3. The molecule has 0 heterocycles. The third kappa shape index (κ3) is 13.8. The molecule has 0 saturated heterocycles. The van der Waals surface area contributed by atoms with Crippen LogP contribution in [0.4, 0.5) is 0 Å². The van der Waals surface area contributed by atoms with Crippen molar-refractivity contribution < 1.29 is 24.9 Å². The molecule has 5 heteroatoms. The standard InChI is InChI=1S/C27H54O5/c1-4-7-9-11-12-13-14-15-16-17-18-20-24(6-3)27(26(30)31,22-25(29)23-28)32-21-19-10-8-5-2/h24-25,28-29H,4-23H2,1-3H3,(H,30,31). The summed E-state index contributed by atoms with van der Waals surface area (Å²) in [7, 11) is 0. The molecule has 5 nitrogen and oxygen atoms in total. The fourth-order valence-corrected chi connectivity index (χ4v) is 4.69. The van der Waals surface area contributed by atoms with Gasteiger partial charge in [-0.2, -0.15) is 0 Å². The van der Waals surface area contributed by atoms with E-state index >= 15 is 0 Å². The number of carboxylic acid groups (broad SMARTS) is 1. The van der Waals surface area contributed by atoms with Gasteiger partial charge in [-0.15, -0.1) is 0 Å². The molecule has 0 aromatic carbocycles. The molecule has 0 saturated carbocycles. The van der Waals surface area contributed by atoms with Gasteiger partial charge in [0.2, 0.25) is 0 Å². The van der Waals surface area contributed by atoms with E-state index in [1.807, 2.05) is 6.92 Å². The number of hydrogen-bond acceptors (Lipinski definition) is 4. The van der Waals surface area contributed by atoms with Crippen molar-refractivity contribution in [3.63, 3.8) is 0 Å². The van der Waals surface area contributed by atoms with Gasteiger partial charge in [0.15, 0.2) is 5.60 Å². The van der Waals surface area contributed by atoms with E-state index in [9.17, 15) is 20.1 Å². The SMILES string of the molecule is CCCCCCCCCCCCCC(CC)C(CC(O)CO)(OCCCCCC)C(=O)O. The van der Waals surface area contributed by atoms with Crippen LogP contribution < -0.4 is 0 Å². The minimum absolute atomic E-state index is 0.0524. The molecule has 192 valence electrons. The average Bonchev–Trinajstić information content (AvgIpc) is 2.78. The third-order valence-electron chi connectivity index (χ3n) is 6.78. The summed E-state index contributed by atoms with van der Waals surface area (Å²) < 4.78 is 6.04. The monoisotopic (exact) mass is 458 g/mol. The first-order chi connectivity index (χ1) is 15.5. The Morgan fingerprint density at radius 3 is 1.69 bits per heavy atom. The van der Waals surface area contributed by atoms with Crippen molar-refractivity contribution in [2.24, 2.45) is 5.92 Å². The molecule has 0 bridgehead atoms.